The zero-order valence-corrected chi connectivity index (χ0v) is 14.5. The Morgan fingerprint density at radius 2 is 1.54 bits per heavy atom. The van der Waals surface area contributed by atoms with Crippen LogP contribution in [0.4, 0.5) is 5.69 Å². The van der Waals surface area contributed by atoms with E-state index in [1.807, 2.05) is 12.1 Å². The summed E-state index contributed by atoms with van der Waals surface area (Å²) < 4.78 is 0. The maximum Gasteiger partial charge on any atom is 0.337 e. The molecule has 0 saturated carbocycles. The van der Waals surface area contributed by atoms with Crippen LogP contribution in [0.2, 0.25) is 0 Å². The minimum absolute atomic E-state index is 0.145. The SMILES string of the molecule is O=C(Nc1cccc([C@H](O)C(=O)O)c1)c1cccc2c1C(=O)c1ccccc1-2. The molecule has 6 heteroatoms. The van der Waals surface area contributed by atoms with Crippen molar-refractivity contribution in [1.82, 2.24) is 0 Å². The summed E-state index contributed by atoms with van der Waals surface area (Å²) in [5.74, 6) is -2.07. The fraction of sp³-hybridized carbons (Fsp3) is 0.0455. The Balaban J connectivity index is 1.68. The van der Waals surface area contributed by atoms with Crippen LogP contribution in [-0.2, 0) is 4.79 Å². The second kappa shape index (κ2) is 6.75. The van der Waals surface area contributed by atoms with Crippen molar-refractivity contribution in [2.45, 2.75) is 6.10 Å². The monoisotopic (exact) mass is 373 g/mol. The van der Waals surface area contributed by atoms with E-state index >= 15 is 0 Å². The number of aliphatic hydroxyl groups is 1. The Hall–Kier alpha value is -3.77. The summed E-state index contributed by atoms with van der Waals surface area (Å²) in [4.78, 5) is 36.6. The molecule has 0 unspecified atom stereocenters. The molecule has 28 heavy (non-hydrogen) atoms. The van der Waals surface area contributed by atoms with Crippen molar-refractivity contribution < 1.29 is 24.6 Å². The van der Waals surface area contributed by atoms with Gasteiger partial charge in [-0.3, -0.25) is 9.59 Å². The number of aliphatic hydroxyl groups excluding tert-OH is 1. The summed E-state index contributed by atoms with van der Waals surface area (Å²) in [6, 6.07) is 18.2. The molecular weight excluding hydrogens is 358 g/mol. The Morgan fingerprint density at radius 3 is 2.29 bits per heavy atom. The lowest BCUT2D eigenvalue weighted by atomic mass is 10.00. The molecule has 1 amide bonds. The first-order chi connectivity index (χ1) is 13.5. The lowest BCUT2D eigenvalue weighted by molar-refractivity contribution is -0.146. The van der Waals surface area contributed by atoms with E-state index in [0.29, 0.717) is 22.4 Å². The van der Waals surface area contributed by atoms with Crippen LogP contribution in [0.1, 0.15) is 37.9 Å². The molecule has 1 aliphatic rings. The van der Waals surface area contributed by atoms with Crippen LogP contribution in [-0.4, -0.2) is 27.9 Å². The van der Waals surface area contributed by atoms with Gasteiger partial charge in [0, 0.05) is 16.8 Å². The van der Waals surface area contributed by atoms with Gasteiger partial charge in [-0.15, -0.1) is 0 Å². The van der Waals surface area contributed by atoms with Crippen LogP contribution in [0.3, 0.4) is 0 Å². The fourth-order valence-corrected chi connectivity index (χ4v) is 3.39. The van der Waals surface area contributed by atoms with Crippen LogP contribution < -0.4 is 5.32 Å². The molecule has 138 valence electrons. The largest absolute Gasteiger partial charge is 0.479 e. The third kappa shape index (κ3) is 2.86. The molecule has 0 spiro atoms. The van der Waals surface area contributed by atoms with E-state index in [1.54, 1.807) is 36.4 Å². The third-order valence-corrected chi connectivity index (χ3v) is 4.69. The standard InChI is InChI=1S/C22H15NO5/c24-19(22(27)28)12-5-3-6-13(11-12)23-21(26)17-10-4-9-15-14-7-1-2-8-16(14)20(25)18(15)17/h1-11,19,24H,(H,23,26)(H,27,28)/t19-/m0/s1. The van der Waals surface area contributed by atoms with Gasteiger partial charge in [-0.1, -0.05) is 48.5 Å². The average molecular weight is 373 g/mol. The van der Waals surface area contributed by atoms with Crippen LogP contribution in [0, 0.1) is 0 Å². The first-order valence-corrected chi connectivity index (χ1v) is 8.56. The second-order valence-corrected chi connectivity index (χ2v) is 6.42. The highest BCUT2D eigenvalue weighted by Gasteiger charge is 2.30. The van der Waals surface area contributed by atoms with Crippen LogP contribution in [0.25, 0.3) is 11.1 Å². The molecule has 0 fully saturated rings. The summed E-state index contributed by atoms with van der Waals surface area (Å²) in [5.41, 5.74) is 3.12. The van der Waals surface area contributed by atoms with E-state index < -0.39 is 18.0 Å². The van der Waals surface area contributed by atoms with Gasteiger partial charge < -0.3 is 15.5 Å². The second-order valence-electron chi connectivity index (χ2n) is 6.42. The number of carboxylic acid groups (broad SMARTS) is 1. The topological polar surface area (TPSA) is 104 Å². The van der Waals surface area contributed by atoms with Gasteiger partial charge in [-0.25, -0.2) is 4.79 Å². The Bertz CT molecular complexity index is 1140. The molecule has 6 nitrogen and oxygen atoms in total. The molecule has 0 heterocycles. The number of rotatable bonds is 4. The Kier molecular flexibility index (Phi) is 4.25. The number of benzene rings is 3. The molecule has 1 aliphatic carbocycles. The van der Waals surface area contributed by atoms with Crippen molar-refractivity contribution >= 4 is 23.3 Å². The van der Waals surface area contributed by atoms with E-state index in [4.69, 9.17) is 5.11 Å². The Morgan fingerprint density at radius 1 is 0.857 bits per heavy atom. The van der Waals surface area contributed by atoms with Crippen molar-refractivity contribution in [3.8, 4) is 11.1 Å². The highest BCUT2D eigenvalue weighted by Crippen LogP contribution is 2.38. The molecule has 1 atom stereocenters. The molecule has 3 aromatic carbocycles. The number of nitrogens with one attached hydrogen (secondary N) is 1. The number of amides is 1. The first-order valence-electron chi connectivity index (χ1n) is 8.56. The van der Waals surface area contributed by atoms with E-state index in [0.717, 1.165) is 5.56 Å². The highest BCUT2D eigenvalue weighted by molar-refractivity contribution is 6.26. The van der Waals surface area contributed by atoms with Crippen molar-refractivity contribution in [2.75, 3.05) is 5.32 Å². The molecule has 3 N–H and O–H groups in total. The maximum atomic E-state index is 12.8. The zero-order valence-electron chi connectivity index (χ0n) is 14.5. The minimum Gasteiger partial charge on any atom is -0.479 e. The summed E-state index contributed by atoms with van der Waals surface area (Å²) in [7, 11) is 0. The number of hydrogen-bond donors (Lipinski definition) is 3. The van der Waals surface area contributed by atoms with Gasteiger partial charge >= 0.3 is 5.97 Å². The van der Waals surface area contributed by atoms with Gasteiger partial charge in [0.2, 0.25) is 0 Å². The zero-order chi connectivity index (χ0) is 19.8. The summed E-state index contributed by atoms with van der Waals surface area (Å²) >= 11 is 0. The summed E-state index contributed by atoms with van der Waals surface area (Å²) in [6.07, 6.45) is -1.69. The van der Waals surface area contributed by atoms with Gasteiger partial charge in [-0.05, 0) is 34.9 Å². The predicted octanol–water partition coefficient (Wildman–Crippen LogP) is 3.27. The number of carboxylic acids is 1. The van der Waals surface area contributed by atoms with Crippen molar-refractivity contribution in [1.29, 1.82) is 0 Å². The number of carbonyl (C=O) groups excluding carboxylic acids is 2. The third-order valence-electron chi connectivity index (χ3n) is 4.69. The smallest absolute Gasteiger partial charge is 0.337 e. The number of anilines is 1. The first kappa shape index (κ1) is 17.6. The number of hydrogen-bond acceptors (Lipinski definition) is 4. The quantitative estimate of drug-likeness (QED) is 0.509. The van der Waals surface area contributed by atoms with Gasteiger partial charge in [0.15, 0.2) is 11.9 Å². The molecule has 4 rings (SSSR count). The van der Waals surface area contributed by atoms with Crippen molar-refractivity contribution in [3.05, 3.63) is 89.0 Å². The molecule has 0 bridgehead atoms. The highest BCUT2D eigenvalue weighted by atomic mass is 16.4. The number of ketones is 1. The molecule has 0 saturated heterocycles. The van der Waals surface area contributed by atoms with Gasteiger partial charge in [0.05, 0.1) is 5.56 Å². The van der Waals surface area contributed by atoms with Crippen LogP contribution >= 0.6 is 0 Å². The molecule has 3 aromatic rings. The average Bonchev–Trinajstić information content (AvgIpc) is 3.00. The molecule has 0 radical (unpaired) electrons. The fourth-order valence-electron chi connectivity index (χ4n) is 3.39. The van der Waals surface area contributed by atoms with Crippen molar-refractivity contribution in [2.24, 2.45) is 0 Å². The van der Waals surface area contributed by atoms with E-state index in [1.165, 1.54) is 18.2 Å². The molecular formula is C22H15NO5. The van der Waals surface area contributed by atoms with Gasteiger partial charge in [0.1, 0.15) is 0 Å². The summed E-state index contributed by atoms with van der Waals surface area (Å²) in [6.45, 7) is 0. The van der Waals surface area contributed by atoms with Crippen molar-refractivity contribution in [3.63, 3.8) is 0 Å². The minimum atomic E-state index is -1.69. The van der Waals surface area contributed by atoms with Crippen LogP contribution in [0.15, 0.2) is 66.7 Å². The van der Waals surface area contributed by atoms with E-state index in [9.17, 15) is 19.5 Å². The van der Waals surface area contributed by atoms with E-state index in [2.05, 4.69) is 5.32 Å². The number of carbonyl (C=O) groups is 3. The van der Waals surface area contributed by atoms with Crippen LogP contribution in [0.5, 0.6) is 0 Å². The number of fused-ring (bicyclic) bond motifs is 3. The van der Waals surface area contributed by atoms with Gasteiger partial charge in [-0.2, -0.15) is 0 Å². The Labute approximate surface area is 160 Å². The summed E-state index contributed by atoms with van der Waals surface area (Å²) in [5, 5.41) is 21.3. The van der Waals surface area contributed by atoms with Gasteiger partial charge in [0.25, 0.3) is 5.91 Å². The lowest BCUT2D eigenvalue weighted by Crippen LogP contribution is -2.16. The molecule has 0 aliphatic heterocycles. The predicted molar refractivity (Wildman–Crippen MR) is 102 cm³/mol. The maximum absolute atomic E-state index is 12.8. The number of aliphatic carboxylic acids is 1. The lowest BCUT2D eigenvalue weighted by Gasteiger charge is -2.11. The molecule has 0 aromatic heterocycles. The normalized spacial score (nSPS) is 12.8. The van der Waals surface area contributed by atoms with E-state index in [-0.39, 0.29) is 16.9 Å².